The molecule has 1 amide bonds. The van der Waals surface area contributed by atoms with Crippen LogP contribution in [0.15, 0.2) is 29.3 Å². The average Bonchev–Trinajstić information content (AvgIpc) is 2.58. The van der Waals surface area contributed by atoms with Crippen molar-refractivity contribution in [1.29, 1.82) is 0 Å². The molecule has 1 fully saturated rings. The first-order valence-electron chi connectivity index (χ1n) is 9.58. The lowest BCUT2D eigenvalue weighted by Crippen LogP contribution is -2.49. The summed E-state index contributed by atoms with van der Waals surface area (Å²) < 4.78 is 39.2. The molecule has 0 spiro atoms. The first kappa shape index (κ1) is 25.5. The van der Waals surface area contributed by atoms with Crippen molar-refractivity contribution in [2.24, 2.45) is 4.99 Å². The predicted molar refractivity (Wildman–Crippen MR) is 120 cm³/mol. The van der Waals surface area contributed by atoms with Crippen LogP contribution in [0.1, 0.15) is 50.7 Å². The fourth-order valence-corrected chi connectivity index (χ4v) is 3.36. The third-order valence-electron chi connectivity index (χ3n) is 5.02. The highest BCUT2D eigenvalue weighted by atomic mass is 127. The molecule has 1 aromatic rings. The lowest BCUT2D eigenvalue weighted by molar-refractivity contribution is -0.137. The van der Waals surface area contributed by atoms with Crippen LogP contribution in [-0.4, -0.2) is 38.0 Å². The molecule has 0 atom stereocenters. The number of carbonyl (C=O) groups is 1. The minimum Gasteiger partial charge on any atom is -0.356 e. The van der Waals surface area contributed by atoms with E-state index in [9.17, 15) is 18.0 Å². The number of halogens is 4. The van der Waals surface area contributed by atoms with Gasteiger partial charge in [-0.25, -0.2) is 0 Å². The molecular formula is C20H30F3IN4O. The van der Waals surface area contributed by atoms with Crippen LogP contribution in [0.4, 0.5) is 13.2 Å². The molecule has 0 saturated heterocycles. The fourth-order valence-electron chi connectivity index (χ4n) is 3.36. The number of nitrogens with one attached hydrogen (secondary N) is 3. The zero-order valence-electron chi connectivity index (χ0n) is 17.0. The standard InChI is InChI=1S/C20H29F3N4O.HI/c1-14(2)27-17(28)8-11-25-18(24-3)26-13-19(9-5-10-19)15-6-4-7-16(12-15)20(21,22)23;/h4,6-7,12,14H,5,8-11,13H2,1-3H3,(H,27,28)(H2,24,25,26);1H. The van der Waals surface area contributed by atoms with Crippen LogP contribution in [0, 0.1) is 0 Å². The molecule has 0 radical (unpaired) electrons. The van der Waals surface area contributed by atoms with Crippen LogP contribution in [0.5, 0.6) is 0 Å². The molecule has 0 unspecified atom stereocenters. The van der Waals surface area contributed by atoms with Crippen molar-refractivity contribution in [2.75, 3.05) is 20.1 Å². The number of hydrogen-bond donors (Lipinski definition) is 3. The monoisotopic (exact) mass is 526 g/mol. The Morgan fingerprint density at radius 1 is 1.24 bits per heavy atom. The number of guanidine groups is 1. The smallest absolute Gasteiger partial charge is 0.356 e. The maximum Gasteiger partial charge on any atom is 0.416 e. The normalized spacial score (nSPS) is 15.9. The van der Waals surface area contributed by atoms with Crippen molar-refractivity contribution in [1.82, 2.24) is 16.0 Å². The molecule has 5 nitrogen and oxygen atoms in total. The van der Waals surface area contributed by atoms with Crippen molar-refractivity contribution in [3.8, 4) is 0 Å². The second-order valence-corrected chi connectivity index (χ2v) is 7.54. The van der Waals surface area contributed by atoms with Crippen molar-refractivity contribution in [2.45, 2.75) is 57.2 Å². The molecule has 1 aliphatic rings. The first-order valence-corrected chi connectivity index (χ1v) is 9.58. The number of nitrogens with zero attached hydrogens (tertiary/aromatic N) is 1. The molecule has 2 rings (SSSR count). The predicted octanol–water partition coefficient (Wildman–Crippen LogP) is 3.82. The van der Waals surface area contributed by atoms with Crippen LogP contribution < -0.4 is 16.0 Å². The van der Waals surface area contributed by atoms with E-state index in [1.807, 2.05) is 13.8 Å². The molecule has 0 aliphatic heterocycles. The van der Waals surface area contributed by atoms with E-state index in [-0.39, 0.29) is 41.3 Å². The summed E-state index contributed by atoms with van der Waals surface area (Å²) in [6.45, 7) is 4.72. The van der Waals surface area contributed by atoms with Gasteiger partial charge in [-0.05, 0) is 38.3 Å². The van der Waals surface area contributed by atoms with E-state index in [0.29, 0.717) is 31.0 Å². The highest BCUT2D eigenvalue weighted by Crippen LogP contribution is 2.44. The molecule has 164 valence electrons. The van der Waals surface area contributed by atoms with Gasteiger partial charge in [0.05, 0.1) is 5.56 Å². The number of hydrogen-bond acceptors (Lipinski definition) is 2. The van der Waals surface area contributed by atoms with Gasteiger partial charge >= 0.3 is 6.18 Å². The van der Waals surface area contributed by atoms with Gasteiger partial charge in [-0.2, -0.15) is 13.2 Å². The summed E-state index contributed by atoms with van der Waals surface area (Å²) in [4.78, 5) is 15.8. The number of alkyl halides is 3. The number of benzene rings is 1. The van der Waals surface area contributed by atoms with E-state index in [1.54, 1.807) is 13.1 Å². The molecule has 1 saturated carbocycles. The molecule has 0 aromatic heterocycles. The van der Waals surface area contributed by atoms with Crippen molar-refractivity contribution in [3.05, 3.63) is 35.4 Å². The largest absolute Gasteiger partial charge is 0.416 e. The molecule has 0 bridgehead atoms. The molecule has 9 heteroatoms. The van der Waals surface area contributed by atoms with Crippen LogP contribution in [-0.2, 0) is 16.4 Å². The maximum atomic E-state index is 13.1. The third-order valence-corrected chi connectivity index (χ3v) is 5.02. The van der Waals surface area contributed by atoms with Gasteiger partial charge in [-0.1, -0.05) is 24.6 Å². The number of carbonyl (C=O) groups excluding carboxylic acids is 1. The van der Waals surface area contributed by atoms with Gasteiger partial charge in [-0.3, -0.25) is 9.79 Å². The zero-order valence-corrected chi connectivity index (χ0v) is 19.4. The van der Waals surface area contributed by atoms with Crippen molar-refractivity contribution in [3.63, 3.8) is 0 Å². The number of aliphatic imine (C=N–C) groups is 1. The second kappa shape index (κ2) is 11.0. The average molecular weight is 526 g/mol. The molecule has 3 N–H and O–H groups in total. The van der Waals surface area contributed by atoms with Gasteiger partial charge in [0, 0.05) is 38.0 Å². The Bertz CT molecular complexity index is 703. The van der Waals surface area contributed by atoms with Gasteiger partial charge in [0.1, 0.15) is 0 Å². The van der Waals surface area contributed by atoms with E-state index < -0.39 is 11.7 Å². The molecule has 1 aliphatic carbocycles. The highest BCUT2D eigenvalue weighted by Gasteiger charge is 2.40. The van der Waals surface area contributed by atoms with E-state index in [2.05, 4.69) is 20.9 Å². The van der Waals surface area contributed by atoms with Gasteiger partial charge in [0.15, 0.2) is 5.96 Å². The van der Waals surface area contributed by atoms with Gasteiger partial charge in [0.25, 0.3) is 0 Å². The summed E-state index contributed by atoms with van der Waals surface area (Å²) in [7, 11) is 1.63. The lowest BCUT2D eigenvalue weighted by atomic mass is 9.64. The topological polar surface area (TPSA) is 65.5 Å². The maximum absolute atomic E-state index is 13.1. The Morgan fingerprint density at radius 3 is 2.45 bits per heavy atom. The van der Waals surface area contributed by atoms with Gasteiger partial charge in [-0.15, -0.1) is 24.0 Å². The van der Waals surface area contributed by atoms with E-state index >= 15 is 0 Å². The number of rotatable bonds is 7. The first-order chi connectivity index (χ1) is 13.2. The van der Waals surface area contributed by atoms with Crippen molar-refractivity contribution >= 4 is 35.8 Å². The molecule has 0 heterocycles. The summed E-state index contributed by atoms with van der Waals surface area (Å²) in [5, 5.41) is 9.11. The Morgan fingerprint density at radius 2 is 1.93 bits per heavy atom. The van der Waals surface area contributed by atoms with Crippen LogP contribution in [0.3, 0.4) is 0 Å². The fraction of sp³-hybridized carbons (Fsp3) is 0.600. The van der Waals surface area contributed by atoms with E-state index in [0.717, 1.165) is 25.3 Å². The Balaban J connectivity index is 0.00000420. The SMILES string of the molecule is CN=C(NCCC(=O)NC(C)C)NCC1(c2cccc(C(F)(F)F)c2)CCC1.I. The summed E-state index contributed by atoms with van der Waals surface area (Å²) in [6.07, 6.45) is -1.39. The Labute approximate surface area is 187 Å². The Kier molecular flexibility index (Phi) is 9.70. The summed E-state index contributed by atoms with van der Waals surface area (Å²) >= 11 is 0. The van der Waals surface area contributed by atoms with Gasteiger partial charge in [0.2, 0.25) is 5.91 Å². The summed E-state index contributed by atoms with van der Waals surface area (Å²) in [6, 6.07) is 5.69. The summed E-state index contributed by atoms with van der Waals surface area (Å²) in [5.74, 6) is 0.493. The highest BCUT2D eigenvalue weighted by molar-refractivity contribution is 14.0. The molecular weight excluding hydrogens is 496 g/mol. The minimum atomic E-state index is -4.34. The molecule has 29 heavy (non-hydrogen) atoms. The second-order valence-electron chi connectivity index (χ2n) is 7.54. The molecule has 1 aromatic carbocycles. The summed E-state index contributed by atoms with van der Waals surface area (Å²) in [5.41, 5.74) is -0.240. The van der Waals surface area contributed by atoms with Crippen LogP contribution in [0.25, 0.3) is 0 Å². The van der Waals surface area contributed by atoms with E-state index in [1.165, 1.54) is 12.1 Å². The number of amides is 1. The minimum absolute atomic E-state index is 0. The third kappa shape index (κ3) is 7.35. The van der Waals surface area contributed by atoms with Gasteiger partial charge < -0.3 is 16.0 Å². The Hall–Kier alpha value is -1.52. The van der Waals surface area contributed by atoms with Crippen molar-refractivity contribution < 1.29 is 18.0 Å². The van der Waals surface area contributed by atoms with Crippen LogP contribution in [0.2, 0.25) is 0 Å². The van der Waals surface area contributed by atoms with Crippen LogP contribution >= 0.6 is 24.0 Å². The zero-order chi connectivity index (χ0) is 20.8. The van der Waals surface area contributed by atoms with E-state index in [4.69, 9.17) is 0 Å². The quantitative estimate of drug-likeness (QED) is 0.288. The lowest BCUT2D eigenvalue weighted by Gasteiger charge is -2.43.